The number of carbonyl (C=O) groups is 2. The smallest absolute Gasteiger partial charge is 0.326 e. The monoisotopic (exact) mass is 426 g/mol. The van der Waals surface area contributed by atoms with E-state index in [1.807, 2.05) is 0 Å². The Balaban J connectivity index is 1.60. The molecule has 0 unspecified atom stereocenters. The average molecular weight is 426 g/mol. The second-order valence-electron chi connectivity index (χ2n) is 6.50. The zero-order valence-electron chi connectivity index (χ0n) is 16.3. The summed E-state index contributed by atoms with van der Waals surface area (Å²) in [4.78, 5) is 23.4. The van der Waals surface area contributed by atoms with Gasteiger partial charge in [0.2, 0.25) is 5.91 Å². The summed E-state index contributed by atoms with van der Waals surface area (Å²) < 4.78 is 37.7. The van der Waals surface area contributed by atoms with Crippen LogP contribution in [0.5, 0.6) is 0 Å². The lowest BCUT2D eigenvalue weighted by atomic mass is 10.2. The van der Waals surface area contributed by atoms with E-state index in [1.54, 1.807) is 48.5 Å². The van der Waals surface area contributed by atoms with Crippen molar-refractivity contribution in [2.75, 3.05) is 10.6 Å². The molecule has 3 aromatic rings. The second-order valence-corrected chi connectivity index (χ2v) is 6.50. The van der Waals surface area contributed by atoms with Crippen molar-refractivity contribution in [2.45, 2.75) is 13.1 Å². The Labute approximate surface area is 175 Å². The number of hydrogen-bond acceptors (Lipinski definition) is 4. The summed E-state index contributed by atoms with van der Waals surface area (Å²) in [6, 6.07) is 17.3. The van der Waals surface area contributed by atoms with Gasteiger partial charge in [0, 0.05) is 23.9 Å². The number of anilines is 2. The maximum absolute atomic E-state index is 12.6. The SMILES string of the molecule is CC(=O)Nc1ccc(C(=O)Nc2ccc(N=Nc3ccc(C(F)(F)F)cc3)cc2)cc1. The number of alkyl halides is 3. The Bertz CT molecular complexity index is 1090. The molecule has 0 spiro atoms. The molecule has 2 N–H and O–H groups in total. The van der Waals surface area contributed by atoms with Crippen molar-refractivity contribution in [3.63, 3.8) is 0 Å². The van der Waals surface area contributed by atoms with E-state index in [4.69, 9.17) is 0 Å². The molecule has 0 heterocycles. The molecule has 0 aliphatic carbocycles. The molecular formula is C22H17F3N4O2. The third kappa shape index (κ3) is 6.23. The molecule has 0 atom stereocenters. The molecule has 3 aromatic carbocycles. The number of benzene rings is 3. The molecule has 158 valence electrons. The van der Waals surface area contributed by atoms with Crippen LogP contribution in [0.1, 0.15) is 22.8 Å². The van der Waals surface area contributed by atoms with Gasteiger partial charge in [0.05, 0.1) is 16.9 Å². The van der Waals surface area contributed by atoms with Crippen LogP contribution in [0.15, 0.2) is 83.0 Å². The minimum Gasteiger partial charge on any atom is -0.326 e. The van der Waals surface area contributed by atoms with Crippen LogP contribution in [0.3, 0.4) is 0 Å². The third-order valence-corrected chi connectivity index (χ3v) is 4.07. The predicted octanol–water partition coefficient (Wildman–Crippen LogP) is 6.33. The van der Waals surface area contributed by atoms with Crippen LogP contribution in [0.4, 0.5) is 35.9 Å². The summed E-state index contributed by atoms with van der Waals surface area (Å²) >= 11 is 0. The first-order chi connectivity index (χ1) is 14.7. The molecule has 0 bridgehead atoms. The molecule has 0 aromatic heterocycles. The van der Waals surface area contributed by atoms with Crippen molar-refractivity contribution in [2.24, 2.45) is 10.2 Å². The first-order valence-electron chi connectivity index (χ1n) is 9.09. The van der Waals surface area contributed by atoms with Gasteiger partial charge < -0.3 is 10.6 Å². The zero-order valence-corrected chi connectivity index (χ0v) is 16.3. The number of nitrogens with one attached hydrogen (secondary N) is 2. The first kappa shape index (κ1) is 21.7. The van der Waals surface area contributed by atoms with Crippen molar-refractivity contribution in [3.8, 4) is 0 Å². The van der Waals surface area contributed by atoms with Crippen molar-refractivity contribution in [1.29, 1.82) is 0 Å². The zero-order chi connectivity index (χ0) is 22.4. The van der Waals surface area contributed by atoms with E-state index in [0.717, 1.165) is 12.1 Å². The van der Waals surface area contributed by atoms with Crippen LogP contribution in [-0.2, 0) is 11.0 Å². The molecule has 0 saturated heterocycles. The molecule has 0 aliphatic rings. The molecule has 9 heteroatoms. The molecular weight excluding hydrogens is 409 g/mol. The van der Waals surface area contributed by atoms with Crippen LogP contribution in [0, 0.1) is 0 Å². The Morgan fingerprint density at radius 2 is 1.16 bits per heavy atom. The van der Waals surface area contributed by atoms with Crippen LogP contribution in [0.25, 0.3) is 0 Å². The van der Waals surface area contributed by atoms with E-state index >= 15 is 0 Å². The third-order valence-electron chi connectivity index (χ3n) is 4.07. The van der Waals surface area contributed by atoms with E-state index in [2.05, 4.69) is 20.9 Å². The standard InChI is InChI=1S/C22H17F3N4O2/c1-14(30)26-17-6-2-15(3-7-17)21(31)27-18-10-12-20(13-11-18)29-28-19-8-4-16(5-9-19)22(23,24)25/h2-13H,1H3,(H,26,30)(H,27,31). The summed E-state index contributed by atoms with van der Waals surface area (Å²) in [6.07, 6.45) is -4.40. The van der Waals surface area contributed by atoms with Crippen molar-refractivity contribution < 1.29 is 22.8 Å². The van der Waals surface area contributed by atoms with Crippen LogP contribution < -0.4 is 10.6 Å². The van der Waals surface area contributed by atoms with Crippen LogP contribution in [-0.4, -0.2) is 11.8 Å². The second kappa shape index (κ2) is 9.21. The summed E-state index contributed by atoms with van der Waals surface area (Å²) in [5, 5.41) is 13.2. The summed E-state index contributed by atoms with van der Waals surface area (Å²) in [7, 11) is 0. The number of hydrogen-bond donors (Lipinski definition) is 2. The van der Waals surface area contributed by atoms with E-state index in [-0.39, 0.29) is 17.5 Å². The fraction of sp³-hybridized carbons (Fsp3) is 0.0909. The predicted molar refractivity (Wildman–Crippen MR) is 111 cm³/mol. The van der Waals surface area contributed by atoms with Gasteiger partial charge in [-0.15, -0.1) is 0 Å². The van der Waals surface area contributed by atoms with Gasteiger partial charge in [-0.3, -0.25) is 9.59 Å². The fourth-order valence-corrected chi connectivity index (χ4v) is 2.56. The average Bonchev–Trinajstić information content (AvgIpc) is 2.73. The molecule has 6 nitrogen and oxygen atoms in total. The number of rotatable bonds is 5. The van der Waals surface area contributed by atoms with Gasteiger partial charge in [0.15, 0.2) is 0 Å². The summed E-state index contributed by atoms with van der Waals surface area (Å²) in [5.41, 5.74) is 1.54. The molecule has 0 fully saturated rings. The fourth-order valence-electron chi connectivity index (χ4n) is 2.56. The van der Waals surface area contributed by atoms with E-state index in [0.29, 0.717) is 22.6 Å². The van der Waals surface area contributed by atoms with Gasteiger partial charge in [-0.25, -0.2) is 0 Å². The van der Waals surface area contributed by atoms with E-state index in [9.17, 15) is 22.8 Å². The minimum atomic E-state index is -4.40. The van der Waals surface area contributed by atoms with Gasteiger partial charge in [-0.2, -0.15) is 23.4 Å². The Kier molecular flexibility index (Phi) is 6.44. The lowest BCUT2D eigenvalue weighted by Crippen LogP contribution is -2.12. The highest BCUT2D eigenvalue weighted by molar-refractivity contribution is 6.04. The van der Waals surface area contributed by atoms with Gasteiger partial charge in [0.1, 0.15) is 0 Å². The van der Waals surface area contributed by atoms with Crippen LogP contribution >= 0.6 is 0 Å². The quantitative estimate of drug-likeness (QED) is 0.467. The number of amides is 2. The molecule has 0 aliphatic heterocycles. The van der Waals surface area contributed by atoms with Crippen molar-refractivity contribution in [3.05, 3.63) is 83.9 Å². The highest BCUT2D eigenvalue weighted by atomic mass is 19.4. The van der Waals surface area contributed by atoms with Crippen LogP contribution in [0.2, 0.25) is 0 Å². The molecule has 31 heavy (non-hydrogen) atoms. The van der Waals surface area contributed by atoms with Gasteiger partial charge in [0.25, 0.3) is 5.91 Å². The molecule has 3 rings (SSSR count). The highest BCUT2D eigenvalue weighted by Crippen LogP contribution is 2.30. The first-order valence-corrected chi connectivity index (χ1v) is 9.09. The van der Waals surface area contributed by atoms with Gasteiger partial charge >= 0.3 is 6.18 Å². The highest BCUT2D eigenvalue weighted by Gasteiger charge is 2.29. The minimum absolute atomic E-state index is 0.201. The van der Waals surface area contributed by atoms with E-state index in [1.165, 1.54) is 19.1 Å². The maximum atomic E-state index is 12.6. The lowest BCUT2D eigenvalue weighted by Gasteiger charge is -2.07. The number of azo groups is 1. The number of carbonyl (C=O) groups excluding carboxylic acids is 2. The Morgan fingerprint density at radius 1 is 0.710 bits per heavy atom. The number of halogens is 3. The Hall–Kier alpha value is -4.01. The number of nitrogens with zero attached hydrogens (tertiary/aromatic N) is 2. The van der Waals surface area contributed by atoms with E-state index < -0.39 is 11.7 Å². The van der Waals surface area contributed by atoms with Crippen molar-refractivity contribution >= 4 is 34.6 Å². The molecule has 2 amide bonds. The topological polar surface area (TPSA) is 82.9 Å². The summed E-state index contributed by atoms with van der Waals surface area (Å²) in [5.74, 6) is -0.527. The lowest BCUT2D eigenvalue weighted by molar-refractivity contribution is -0.137. The maximum Gasteiger partial charge on any atom is 0.416 e. The molecule has 0 radical (unpaired) electrons. The summed E-state index contributed by atoms with van der Waals surface area (Å²) in [6.45, 7) is 1.40. The van der Waals surface area contributed by atoms with Gasteiger partial charge in [-0.05, 0) is 72.8 Å². The van der Waals surface area contributed by atoms with Crippen molar-refractivity contribution in [1.82, 2.24) is 0 Å². The Morgan fingerprint density at radius 3 is 1.65 bits per heavy atom. The molecule has 0 saturated carbocycles. The largest absolute Gasteiger partial charge is 0.416 e. The normalized spacial score (nSPS) is 11.4. The van der Waals surface area contributed by atoms with Gasteiger partial charge in [-0.1, -0.05) is 0 Å².